The van der Waals surface area contributed by atoms with Crippen molar-refractivity contribution in [1.29, 1.82) is 0 Å². The number of alkyl halides is 1. The van der Waals surface area contributed by atoms with E-state index >= 15 is 0 Å². The minimum atomic E-state index is -0.894. The van der Waals surface area contributed by atoms with E-state index < -0.39 is 12.3 Å². The van der Waals surface area contributed by atoms with Gasteiger partial charge < -0.3 is 5.11 Å². The lowest BCUT2D eigenvalue weighted by molar-refractivity contribution is 0.238. The largest absolute Gasteiger partial charge is 0.390 e. The van der Waals surface area contributed by atoms with Crippen molar-refractivity contribution in [3.05, 3.63) is 0 Å². The predicted octanol–water partition coefficient (Wildman–Crippen LogP) is 0.0891. The molecule has 1 aliphatic carbocycles. The summed E-state index contributed by atoms with van der Waals surface area (Å²) in [5, 5.41) is 8.06. The van der Waals surface area contributed by atoms with Crippen LogP contribution in [-0.4, -0.2) is 17.4 Å². The van der Waals surface area contributed by atoms with Gasteiger partial charge in [0.2, 0.25) is 0 Å². The molecule has 0 unspecified atom stereocenters. The van der Waals surface area contributed by atoms with Crippen molar-refractivity contribution in [3.63, 3.8) is 0 Å². The first kappa shape index (κ1) is 3.09. The van der Waals surface area contributed by atoms with Gasteiger partial charge in [0.25, 0.3) is 0 Å². The Bertz CT molecular complexity index is 40.2. The zero-order valence-corrected chi connectivity index (χ0v) is 2.69. The Hall–Kier alpha value is -0.110. The first-order valence-electron chi connectivity index (χ1n) is 1.63. The molecule has 1 fully saturated rings. The molecule has 1 N–H and O–H groups in total. The number of hydrogen-bond acceptors (Lipinski definition) is 1. The zero-order chi connectivity index (χ0) is 3.86. The maximum Gasteiger partial charge on any atom is 0.129 e. The number of aliphatic hydroxyl groups excluding tert-OH is 1. The van der Waals surface area contributed by atoms with Crippen molar-refractivity contribution in [3.8, 4) is 0 Å². The average Bonchev–Trinajstić information content (AvgIpc) is 1.79. The van der Waals surface area contributed by atoms with Crippen LogP contribution in [0.3, 0.4) is 0 Å². The van der Waals surface area contributed by atoms with Gasteiger partial charge in [-0.05, 0) is 0 Å². The fourth-order valence-corrected chi connectivity index (χ4v) is 0.152. The van der Waals surface area contributed by atoms with E-state index in [1.807, 2.05) is 0 Å². The maximum atomic E-state index is 11.3. The number of rotatable bonds is 0. The Labute approximate surface area is 29.4 Å². The highest BCUT2D eigenvalue weighted by atomic mass is 19.1. The van der Waals surface area contributed by atoms with E-state index in [4.69, 9.17) is 5.11 Å². The van der Waals surface area contributed by atoms with Gasteiger partial charge in [-0.3, -0.25) is 0 Å². The SMILES string of the molecule is O[C@@H]1C[C@H]1F. The van der Waals surface area contributed by atoms with Crippen LogP contribution in [0.25, 0.3) is 0 Å². The van der Waals surface area contributed by atoms with Crippen molar-refractivity contribution in [2.24, 2.45) is 0 Å². The van der Waals surface area contributed by atoms with Crippen molar-refractivity contribution in [1.82, 2.24) is 0 Å². The molecule has 0 saturated heterocycles. The van der Waals surface area contributed by atoms with Crippen LogP contribution in [0.1, 0.15) is 6.42 Å². The Morgan fingerprint density at radius 1 is 1.80 bits per heavy atom. The highest BCUT2D eigenvalue weighted by Gasteiger charge is 2.34. The Balaban J connectivity index is 2.20. The van der Waals surface area contributed by atoms with Gasteiger partial charge in [0, 0.05) is 6.42 Å². The summed E-state index contributed by atoms with van der Waals surface area (Å²) in [7, 11) is 0. The lowest BCUT2D eigenvalue weighted by atomic mass is 10.8. The van der Waals surface area contributed by atoms with Crippen LogP contribution in [0.5, 0.6) is 0 Å². The lowest BCUT2D eigenvalue weighted by Crippen LogP contribution is -1.78. The Kier molecular flexibility index (Phi) is 0.424. The second kappa shape index (κ2) is 0.684. The Morgan fingerprint density at radius 2 is 2.00 bits per heavy atom. The second-order valence-corrected chi connectivity index (χ2v) is 1.32. The van der Waals surface area contributed by atoms with Gasteiger partial charge >= 0.3 is 0 Å². The minimum Gasteiger partial charge on any atom is -0.390 e. The van der Waals surface area contributed by atoms with Gasteiger partial charge in [-0.25, -0.2) is 4.39 Å². The molecule has 30 valence electrons. The summed E-state index contributed by atoms with van der Waals surface area (Å²) in [6.45, 7) is 0. The monoisotopic (exact) mass is 76.0 g/mol. The standard InChI is InChI=1S/C3H5FO/c4-2-1-3(2)5/h2-3,5H,1H2/t2-,3-/m1/s1. The molecule has 0 amide bonds. The van der Waals surface area contributed by atoms with Crippen LogP contribution in [0.4, 0.5) is 4.39 Å². The summed E-state index contributed by atoms with van der Waals surface area (Å²) in [6.07, 6.45) is -1.15. The summed E-state index contributed by atoms with van der Waals surface area (Å²) in [4.78, 5) is 0. The molecule has 1 nitrogen and oxygen atoms in total. The van der Waals surface area contributed by atoms with Gasteiger partial charge in [0.1, 0.15) is 6.17 Å². The highest BCUT2D eigenvalue weighted by Crippen LogP contribution is 2.23. The van der Waals surface area contributed by atoms with Gasteiger partial charge in [-0.15, -0.1) is 0 Å². The van der Waals surface area contributed by atoms with E-state index in [-0.39, 0.29) is 0 Å². The van der Waals surface area contributed by atoms with Gasteiger partial charge in [0.05, 0.1) is 6.10 Å². The highest BCUT2D eigenvalue weighted by molar-refractivity contribution is 4.84. The topological polar surface area (TPSA) is 20.2 Å². The van der Waals surface area contributed by atoms with E-state index in [2.05, 4.69) is 0 Å². The molecule has 0 aliphatic heterocycles. The molecule has 0 radical (unpaired) electrons. The van der Waals surface area contributed by atoms with Crippen LogP contribution >= 0.6 is 0 Å². The van der Waals surface area contributed by atoms with Crippen molar-refractivity contribution < 1.29 is 9.50 Å². The van der Waals surface area contributed by atoms with E-state index in [0.29, 0.717) is 6.42 Å². The summed E-state index contributed by atoms with van der Waals surface area (Å²) in [5.41, 5.74) is 0. The molecule has 0 aromatic rings. The molecule has 0 heterocycles. The molecule has 2 heteroatoms. The van der Waals surface area contributed by atoms with E-state index in [9.17, 15) is 4.39 Å². The van der Waals surface area contributed by atoms with Gasteiger partial charge in [0.15, 0.2) is 0 Å². The maximum absolute atomic E-state index is 11.3. The van der Waals surface area contributed by atoms with Crippen molar-refractivity contribution in [2.75, 3.05) is 0 Å². The third kappa shape index (κ3) is 0.401. The molecular weight excluding hydrogens is 71.0 g/mol. The smallest absolute Gasteiger partial charge is 0.129 e. The number of hydrogen-bond donors (Lipinski definition) is 1. The van der Waals surface area contributed by atoms with E-state index in [1.54, 1.807) is 0 Å². The average molecular weight is 76.1 g/mol. The molecule has 2 atom stereocenters. The molecule has 0 spiro atoms. The molecule has 0 bridgehead atoms. The molecular formula is C3H5FO. The van der Waals surface area contributed by atoms with Crippen molar-refractivity contribution in [2.45, 2.75) is 18.7 Å². The summed E-state index contributed by atoms with van der Waals surface area (Å²) in [5.74, 6) is 0. The van der Waals surface area contributed by atoms with Crippen LogP contribution in [0.15, 0.2) is 0 Å². The normalized spacial score (nSPS) is 49.2. The third-order valence-corrected chi connectivity index (χ3v) is 0.681. The van der Waals surface area contributed by atoms with Gasteiger partial charge in [-0.2, -0.15) is 0 Å². The minimum absolute atomic E-state index is 0.361. The predicted molar refractivity (Wildman–Crippen MR) is 15.5 cm³/mol. The van der Waals surface area contributed by atoms with Crippen LogP contribution in [-0.2, 0) is 0 Å². The van der Waals surface area contributed by atoms with Crippen LogP contribution in [0, 0.1) is 0 Å². The van der Waals surface area contributed by atoms with E-state index in [0.717, 1.165) is 0 Å². The molecule has 1 rings (SSSR count). The van der Waals surface area contributed by atoms with Gasteiger partial charge in [-0.1, -0.05) is 0 Å². The lowest BCUT2D eigenvalue weighted by Gasteiger charge is -1.65. The van der Waals surface area contributed by atoms with Crippen LogP contribution < -0.4 is 0 Å². The molecule has 0 aromatic carbocycles. The fourth-order valence-electron chi connectivity index (χ4n) is 0.152. The summed E-state index contributed by atoms with van der Waals surface area (Å²) >= 11 is 0. The molecule has 0 aromatic heterocycles. The Morgan fingerprint density at radius 3 is 2.00 bits per heavy atom. The first-order chi connectivity index (χ1) is 2.30. The van der Waals surface area contributed by atoms with Crippen molar-refractivity contribution >= 4 is 0 Å². The fraction of sp³-hybridized carbons (Fsp3) is 1.00. The number of halogens is 1. The first-order valence-corrected chi connectivity index (χ1v) is 1.63. The molecule has 1 saturated carbocycles. The summed E-state index contributed by atoms with van der Waals surface area (Å²) < 4.78 is 11.3. The quantitative estimate of drug-likeness (QED) is 0.433. The molecule has 1 aliphatic rings. The molecule has 5 heavy (non-hydrogen) atoms. The van der Waals surface area contributed by atoms with E-state index in [1.165, 1.54) is 0 Å². The summed E-state index contributed by atoms with van der Waals surface area (Å²) in [6, 6.07) is 0. The number of aliphatic hydroxyl groups is 1. The van der Waals surface area contributed by atoms with Crippen LogP contribution in [0.2, 0.25) is 0 Å². The third-order valence-electron chi connectivity index (χ3n) is 0.681. The second-order valence-electron chi connectivity index (χ2n) is 1.32. The zero-order valence-electron chi connectivity index (χ0n) is 2.69.